The Kier molecular flexibility index (Phi) is 7.69. The first-order chi connectivity index (χ1) is 8.34. The number of ether oxygens (including phenoxy) is 1. The molecule has 0 aliphatic rings. The molecule has 0 heterocycles. The predicted molar refractivity (Wildman–Crippen MR) is 70.7 cm³/mol. The highest BCUT2D eigenvalue weighted by Crippen LogP contribution is 2.14. The van der Waals surface area contributed by atoms with Gasteiger partial charge in [0, 0.05) is 5.56 Å². The van der Waals surface area contributed by atoms with Gasteiger partial charge in [0.15, 0.2) is 6.29 Å². The fourth-order valence-corrected chi connectivity index (χ4v) is 1.79. The first kappa shape index (κ1) is 14.2. The molecule has 0 aromatic heterocycles. The molecule has 1 unspecified atom stereocenters. The largest absolute Gasteiger partial charge is 0.364 e. The van der Waals surface area contributed by atoms with Gasteiger partial charge in [0.2, 0.25) is 0 Å². The molecule has 0 saturated carbocycles. The summed E-state index contributed by atoms with van der Waals surface area (Å²) in [4.78, 5) is 0. The van der Waals surface area contributed by atoms with Crippen LogP contribution in [0.4, 0.5) is 0 Å². The standard InChI is InChI=1S/C15H24O2/c1-2-3-4-5-6-10-13-17-15(16)14-11-8-7-9-12-14/h7-9,11-12,15-16H,2-6,10,13H2,1H3. The fourth-order valence-electron chi connectivity index (χ4n) is 1.79. The van der Waals surface area contributed by atoms with Crippen molar-refractivity contribution < 1.29 is 9.84 Å². The van der Waals surface area contributed by atoms with Gasteiger partial charge in [0.05, 0.1) is 6.61 Å². The first-order valence-electron chi connectivity index (χ1n) is 6.69. The number of hydrogen-bond acceptors (Lipinski definition) is 2. The van der Waals surface area contributed by atoms with E-state index in [2.05, 4.69) is 6.92 Å². The van der Waals surface area contributed by atoms with Crippen molar-refractivity contribution in [1.29, 1.82) is 0 Å². The van der Waals surface area contributed by atoms with Crippen LogP contribution >= 0.6 is 0 Å². The summed E-state index contributed by atoms with van der Waals surface area (Å²) in [5.41, 5.74) is 0.832. The molecule has 96 valence electrons. The van der Waals surface area contributed by atoms with Crippen LogP contribution in [0.3, 0.4) is 0 Å². The van der Waals surface area contributed by atoms with Gasteiger partial charge < -0.3 is 9.84 Å². The third-order valence-electron chi connectivity index (χ3n) is 2.86. The van der Waals surface area contributed by atoms with Crippen LogP contribution in [0.5, 0.6) is 0 Å². The summed E-state index contributed by atoms with van der Waals surface area (Å²) < 4.78 is 5.39. The molecule has 0 radical (unpaired) electrons. The van der Waals surface area contributed by atoms with Gasteiger partial charge in [-0.25, -0.2) is 0 Å². The quantitative estimate of drug-likeness (QED) is 0.517. The summed E-state index contributed by atoms with van der Waals surface area (Å²) in [5.74, 6) is 0. The van der Waals surface area contributed by atoms with Crippen molar-refractivity contribution >= 4 is 0 Å². The van der Waals surface area contributed by atoms with Crippen molar-refractivity contribution in [3.63, 3.8) is 0 Å². The van der Waals surface area contributed by atoms with Crippen molar-refractivity contribution in [2.45, 2.75) is 51.7 Å². The summed E-state index contributed by atoms with van der Waals surface area (Å²) in [5, 5.41) is 9.74. The zero-order valence-electron chi connectivity index (χ0n) is 10.8. The summed E-state index contributed by atoms with van der Waals surface area (Å²) >= 11 is 0. The topological polar surface area (TPSA) is 29.5 Å². The maximum absolute atomic E-state index is 9.74. The molecule has 1 N–H and O–H groups in total. The molecular formula is C15H24O2. The van der Waals surface area contributed by atoms with Crippen LogP contribution < -0.4 is 0 Å². The van der Waals surface area contributed by atoms with E-state index in [4.69, 9.17) is 4.74 Å². The van der Waals surface area contributed by atoms with Gasteiger partial charge in [-0.2, -0.15) is 0 Å². The highest BCUT2D eigenvalue weighted by molar-refractivity contribution is 5.15. The van der Waals surface area contributed by atoms with Gasteiger partial charge >= 0.3 is 0 Å². The van der Waals surface area contributed by atoms with Gasteiger partial charge in [0.25, 0.3) is 0 Å². The molecule has 2 heteroatoms. The maximum atomic E-state index is 9.74. The van der Waals surface area contributed by atoms with Crippen LogP contribution in [0.2, 0.25) is 0 Å². The number of aliphatic hydroxyl groups is 1. The molecule has 0 saturated heterocycles. The molecular weight excluding hydrogens is 212 g/mol. The number of unbranched alkanes of at least 4 members (excludes halogenated alkanes) is 5. The Labute approximate surface area is 105 Å². The highest BCUT2D eigenvalue weighted by atomic mass is 16.6. The third kappa shape index (κ3) is 6.44. The van der Waals surface area contributed by atoms with Gasteiger partial charge in [-0.1, -0.05) is 69.4 Å². The second-order valence-electron chi connectivity index (χ2n) is 4.40. The molecule has 0 aliphatic heterocycles. The molecule has 17 heavy (non-hydrogen) atoms. The van der Waals surface area contributed by atoms with E-state index in [9.17, 15) is 5.11 Å². The molecule has 1 rings (SSSR count). The van der Waals surface area contributed by atoms with E-state index < -0.39 is 6.29 Å². The summed E-state index contributed by atoms with van der Waals surface area (Å²) in [6, 6.07) is 9.51. The van der Waals surface area contributed by atoms with E-state index in [1.165, 1.54) is 32.1 Å². The van der Waals surface area contributed by atoms with Crippen LogP contribution in [0.1, 0.15) is 57.3 Å². The summed E-state index contributed by atoms with van der Waals surface area (Å²) in [7, 11) is 0. The van der Waals surface area contributed by atoms with Crippen molar-refractivity contribution in [3.05, 3.63) is 35.9 Å². The van der Waals surface area contributed by atoms with Crippen molar-refractivity contribution in [2.75, 3.05) is 6.61 Å². The van der Waals surface area contributed by atoms with Gasteiger partial charge in [-0.3, -0.25) is 0 Å². The first-order valence-corrected chi connectivity index (χ1v) is 6.69. The third-order valence-corrected chi connectivity index (χ3v) is 2.86. The monoisotopic (exact) mass is 236 g/mol. The molecule has 2 nitrogen and oxygen atoms in total. The Hall–Kier alpha value is -0.860. The number of aliphatic hydroxyl groups excluding tert-OH is 1. The SMILES string of the molecule is CCCCCCCCOC(O)c1ccccc1. The lowest BCUT2D eigenvalue weighted by molar-refractivity contribution is -0.103. The average Bonchev–Trinajstić information content (AvgIpc) is 2.38. The summed E-state index contributed by atoms with van der Waals surface area (Å²) in [6.07, 6.45) is 6.66. The van der Waals surface area contributed by atoms with E-state index >= 15 is 0 Å². The summed E-state index contributed by atoms with van der Waals surface area (Å²) in [6.45, 7) is 2.86. The van der Waals surface area contributed by atoms with E-state index in [-0.39, 0.29) is 0 Å². The van der Waals surface area contributed by atoms with E-state index in [1.807, 2.05) is 30.3 Å². The zero-order valence-corrected chi connectivity index (χ0v) is 10.8. The normalized spacial score (nSPS) is 12.6. The van der Waals surface area contributed by atoms with Gasteiger partial charge in [-0.15, -0.1) is 0 Å². The van der Waals surface area contributed by atoms with E-state index in [0.29, 0.717) is 6.61 Å². The number of hydrogen-bond donors (Lipinski definition) is 1. The average molecular weight is 236 g/mol. The number of benzene rings is 1. The smallest absolute Gasteiger partial charge is 0.181 e. The molecule has 0 spiro atoms. The van der Waals surface area contributed by atoms with Crippen molar-refractivity contribution in [2.24, 2.45) is 0 Å². The molecule has 1 aromatic rings. The molecule has 0 aliphatic carbocycles. The van der Waals surface area contributed by atoms with Crippen LogP contribution in [0.25, 0.3) is 0 Å². The van der Waals surface area contributed by atoms with Crippen molar-refractivity contribution in [3.8, 4) is 0 Å². The minimum atomic E-state index is -0.771. The van der Waals surface area contributed by atoms with Crippen LogP contribution in [-0.4, -0.2) is 11.7 Å². The molecule has 0 amide bonds. The maximum Gasteiger partial charge on any atom is 0.181 e. The molecule has 0 bridgehead atoms. The van der Waals surface area contributed by atoms with Crippen LogP contribution in [0.15, 0.2) is 30.3 Å². The Morgan fingerprint density at radius 3 is 2.35 bits per heavy atom. The lowest BCUT2D eigenvalue weighted by Gasteiger charge is -2.11. The van der Waals surface area contributed by atoms with Crippen LogP contribution in [-0.2, 0) is 4.74 Å². The lowest BCUT2D eigenvalue weighted by Crippen LogP contribution is -2.04. The molecule has 1 aromatic carbocycles. The molecule has 1 atom stereocenters. The molecule has 0 fully saturated rings. The van der Waals surface area contributed by atoms with Crippen LogP contribution in [0, 0.1) is 0 Å². The Morgan fingerprint density at radius 2 is 1.65 bits per heavy atom. The Balaban J connectivity index is 2.03. The van der Waals surface area contributed by atoms with Gasteiger partial charge in [0.1, 0.15) is 0 Å². The highest BCUT2D eigenvalue weighted by Gasteiger charge is 2.05. The Bertz CT molecular complexity index is 272. The Morgan fingerprint density at radius 1 is 1.00 bits per heavy atom. The van der Waals surface area contributed by atoms with Crippen molar-refractivity contribution in [1.82, 2.24) is 0 Å². The minimum absolute atomic E-state index is 0.641. The van der Waals surface area contributed by atoms with E-state index in [0.717, 1.165) is 12.0 Å². The number of rotatable bonds is 9. The van der Waals surface area contributed by atoms with Gasteiger partial charge in [-0.05, 0) is 6.42 Å². The lowest BCUT2D eigenvalue weighted by atomic mass is 10.1. The predicted octanol–water partition coefficient (Wildman–Crippen LogP) is 4.05. The van der Waals surface area contributed by atoms with E-state index in [1.54, 1.807) is 0 Å². The zero-order chi connectivity index (χ0) is 12.3. The minimum Gasteiger partial charge on any atom is -0.364 e. The second-order valence-corrected chi connectivity index (χ2v) is 4.40. The second kappa shape index (κ2) is 9.20. The fraction of sp³-hybridized carbons (Fsp3) is 0.600.